The second-order valence-corrected chi connectivity index (χ2v) is 6.93. The van der Waals surface area contributed by atoms with Gasteiger partial charge in [-0.2, -0.15) is 0 Å². The van der Waals surface area contributed by atoms with Crippen LogP contribution in [-0.2, 0) is 27.3 Å². The fourth-order valence-electron chi connectivity index (χ4n) is 3.81. The molecule has 28 heavy (non-hydrogen) atoms. The standard InChI is InChI=1S/C22H21FN2O3/c1-28-13-12-25-21(26)19(16-6-8-18(23)9-7-16)20(22(25)27)24-11-10-15-4-2-3-5-17(15)14-24/h2-9H,10-14H2,1H3. The molecule has 0 aromatic heterocycles. The zero-order valence-corrected chi connectivity index (χ0v) is 15.7. The minimum Gasteiger partial charge on any atom is -0.383 e. The summed E-state index contributed by atoms with van der Waals surface area (Å²) in [5.41, 5.74) is 3.68. The molecule has 2 aromatic rings. The highest BCUT2D eigenvalue weighted by molar-refractivity contribution is 6.35. The molecule has 4 rings (SSSR count). The van der Waals surface area contributed by atoms with Gasteiger partial charge in [0, 0.05) is 20.2 Å². The molecular weight excluding hydrogens is 359 g/mol. The molecule has 0 unspecified atom stereocenters. The lowest BCUT2D eigenvalue weighted by Gasteiger charge is -2.31. The number of halogens is 1. The van der Waals surface area contributed by atoms with Gasteiger partial charge >= 0.3 is 0 Å². The SMILES string of the molecule is COCCN1C(=O)C(c2ccc(F)cc2)=C(N2CCc3ccccc3C2)C1=O. The predicted octanol–water partition coefficient (Wildman–Crippen LogP) is 2.61. The maximum atomic E-state index is 13.4. The molecule has 0 fully saturated rings. The summed E-state index contributed by atoms with van der Waals surface area (Å²) in [5, 5.41) is 0. The number of fused-ring (bicyclic) bond motifs is 1. The lowest BCUT2D eigenvalue weighted by Crippen LogP contribution is -2.38. The van der Waals surface area contributed by atoms with E-state index in [2.05, 4.69) is 6.07 Å². The summed E-state index contributed by atoms with van der Waals surface area (Å²) in [7, 11) is 1.53. The molecular formula is C22H21FN2O3. The minimum absolute atomic E-state index is 0.187. The first kappa shape index (κ1) is 18.4. The maximum Gasteiger partial charge on any atom is 0.277 e. The molecule has 144 valence electrons. The number of imide groups is 1. The van der Waals surface area contributed by atoms with E-state index in [1.165, 1.54) is 29.7 Å². The number of ether oxygens (including phenoxy) is 1. The van der Waals surface area contributed by atoms with Crippen molar-refractivity contribution < 1.29 is 18.7 Å². The summed E-state index contributed by atoms with van der Waals surface area (Å²) in [5.74, 6) is -1.06. The Kier molecular flexibility index (Phi) is 4.96. The minimum atomic E-state index is -0.384. The number of rotatable bonds is 5. The third-order valence-corrected chi connectivity index (χ3v) is 5.24. The van der Waals surface area contributed by atoms with Crippen LogP contribution in [0.4, 0.5) is 4.39 Å². The summed E-state index contributed by atoms with van der Waals surface area (Å²) in [4.78, 5) is 29.4. The Labute approximate surface area is 163 Å². The van der Waals surface area contributed by atoms with E-state index in [-0.39, 0.29) is 30.8 Å². The molecule has 6 heteroatoms. The monoisotopic (exact) mass is 380 g/mol. The van der Waals surface area contributed by atoms with E-state index in [4.69, 9.17) is 4.74 Å². The van der Waals surface area contributed by atoms with Crippen molar-refractivity contribution >= 4 is 17.4 Å². The van der Waals surface area contributed by atoms with Gasteiger partial charge in [0.1, 0.15) is 11.5 Å². The van der Waals surface area contributed by atoms with Crippen molar-refractivity contribution in [2.45, 2.75) is 13.0 Å². The van der Waals surface area contributed by atoms with Crippen LogP contribution in [0.1, 0.15) is 16.7 Å². The number of hydrogen-bond acceptors (Lipinski definition) is 4. The van der Waals surface area contributed by atoms with Crippen LogP contribution in [0.5, 0.6) is 0 Å². The Balaban J connectivity index is 1.76. The molecule has 2 aromatic carbocycles. The Morgan fingerprint density at radius 2 is 1.71 bits per heavy atom. The molecule has 0 aliphatic carbocycles. The van der Waals surface area contributed by atoms with Crippen LogP contribution in [0.2, 0.25) is 0 Å². The normalized spacial score (nSPS) is 16.8. The lowest BCUT2D eigenvalue weighted by molar-refractivity contribution is -0.138. The number of amides is 2. The lowest BCUT2D eigenvalue weighted by atomic mass is 9.98. The average Bonchev–Trinajstić information content (AvgIpc) is 2.96. The van der Waals surface area contributed by atoms with Crippen molar-refractivity contribution in [3.8, 4) is 0 Å². The van der Waals surface area contributed by atoms with E-state index < -0.39 is 0 Å². The number of nitrogens with zero attached hydrogens (tertiary/aromatic N) is 2. The highest BCUT2D eigenvalue weighted by Gasteiger charge is 2.41. The first-order chi connectivity index (χ1) is 13.6. The van der Waals surface area contributed by atoms with Gasteiger partial charge in [0.05, 0.1) is 18.7 Å². The van der Waals surface area contributed by atoms with Crippen molar-refractivity contribution in [3.05, 3.63) is 76.7 Å². The number of carbonyl (C=O) groups excluding carboxylic acids is 2. The van der Waals surface area contributed by atoms with Gasteiger partial charge in [-0.1, -0.05) is 36.4 Å². The smallest absolute Gasteiger partial charge is 0.277 e. The van der Waals surface area contributed by atoms with E-state index in [1.807, 2.05) is 23.1 Å². The third kappa shape index (κ3) is 3.20. The van der Waals surface area contributed by atoms with E-state index >= 15 is 0 Å². The molecule has 0 atom stereocenters. The summed E-state index contributed by atoms with van der Waals surface area (Å²) >= 11 is 0. The molecule has 0 saturated heterocycles. The summed E-state index contributed by atoms with van der Waals surface area (Å²) < 4.78 is 18.5. The number of methoxy groups -OCH3 is 1. The number of hydrogen-bond donors (Lipinski definition) is 0. The van der Waals surface area contributed by atoms with Crippen LogP contribution in [-0.4, -0.2) is 48.4 Å². The summed E-state index contributed by atoms with van der Waals surface area (Å²) in [6.07, 6.45) is 0.802. The highest BCUT2D eigenvalue weighted by atomic mass is 19.1. The van der Waals surface area contributed by atoms with Crippen molar-refractivity contribution in [2.75, 3.05) is 26.8 Å². The first-order valence-corrected chi connectivity index (χ1v) is 9.27. The van der Waals surface area contributed by atoms with Crippen LogP contribution < -0.4 is 0 Å². The van der Waals surface area contributed by atoms with Gasteiger partial charge in [-0.3, -0.25) is 14.5 Å². The molecule has 2 aliphatic rings. The molecule has 0 N–H and O–H groups in total. The van der Waals surface area contributed by atoms with Crippen LogP contribution in [0, 0.1) is 5.82 Å². The first-order valence-electron chi connectivity index (χ1n) is 9.27. The van der Waals surface area contributed by atoms with Gasteiger partial charge in [-0.05, 0) is 35.2 Å². The molecule has 2 aliphatic heterocycles. The molecule has 0 spiro atoms. The Morgan fingerprint density at radius 1 is 1.00 bits per heavy atom. The fourth-order valence-corrected chi connectivity index (χ4v) is 3.81. The summed E-state index contributed by atoms with van der Waals surface area (Å²) in [6, 6.07) is 13.8. The molecule has 0 saturated carbocycles. The van der Waals surface area contributed by atoms with Crippen LogP contribution in [0.25, 0.3) is 5.57 Å². The van der Waals surface area contributed by atoms with Crippen LogP contribution in [0.3, 0.4) is 0 Å². The van der Waals surface area contributed by atoms with Gasteiger partial charge in [0.15, 0.2) is 0 Å². The third-order valence-electron chi connectivity index (χ3n) is 5.24. The van der Waals surface area contributed by atoms with Crippen LogP contribution >= 0.6 is 0 Å². The highest BCUT2D eigenvalue weighted by Crippen LogP contribution is 2.34. The zero-order chi connectivity index (χ0) is 19.7. The topological polar surface area (TPSA) is 49.9 Å². The van der Waals surface area contributed by atoms with E-state index in [9.17, 15) is 14.0 Å². The zero-order valence-electron chi connectivity index (χ0n) is 15.7. The summed E-state index contributed by atoms with van der Waals surface area (Å²) in [6.45, 7) is 1.67. The van der Waals surface area contributed by atoms with Crippen molar-refractivity contribution in [3.63, 3.8) is 0 Å². The van der Waals surface area contributed by atoms with Crippen molar-refractivity contribution in [1.82, 2.24) is 9.80 Å². The van der Waals surface area contributed by atoms with Gasteiger partial charge in [0.25, 0.3) is 11.8 Å². The van der Waals surface area contributed by atoms with E-state index in [0.29, 0.717) is 29.9 Å². The largest absolute Gasteiger partial charge is 0.383 e. The van der Waals surface area contributed by atoms with E-state index in [1.54, 1.807) is 12.1 Å². The Bertz CT molecular complexity index is 953. The molecule has 5 nitrogen and oxygen atoms in total. The molecule has 0 radical (unpaired) electrons. The number of benzene rings is 2. The van der Waals surface area contributed by atoms with Crippen molar-refractivity contribution in [1.29, 1.82) is 0 Å². The van der Waals surface area contributed by atoms with Gasteiger partial charge in [-0.25, -0.2) is 4.39 Å². The fraction of sp³-hybridized carbons (Fsp3) is 0.273. The predicted molar refractivity (Wildman–Crippen MR) is 102 cm³/mol. The quantitative estimate of drug-likeness (QED) is 0.749. The molecule has 2 amide bonds. The maximum absolute atomic E-state index is 13.4. The molecule has 0 bridgehead atoms. The van der Waals surface area contributed by atoms with Crippen molar-refractivity contribution in [2.24, 2.45) is 0 Å². The Hall–Kier alpha value is -2.99. The number of carbonyl (C=O) groups is 2. The van der Waals surface area contributed by atoms with Gasteiger partial charge in [-0.15, -0.1) is 0 Å². The molecule has 2 heterocycles. The second-order valence-electron chi connectivity index (χ2n) is 6.93. The Morgan fingerprint density at radius 3 is 2.43 bits per heavy atom. The van der Waals surface area contributed by atoms with Crippen LogP contribution in [0.15, 0.2) is 54.2 Å². The second kappa shape index (κ2) is 7.56. The van der Waals surface area contributed by atoms with Gasteiger partial charge < -0.3 is 9.64 Å². The average molecular weight is 380 g/mol. The van der Waals surface area contributed by atoms with Gasteiger partial charge in [0.2, 0.25) is 0 Å². The van der Waals surface area contributed by atoms with E-state index in [0.717, 1.165) is 12.0 Å².